The van der Waals surface area contributed by atoms with Crippen molar-refractivity contribution in [3.63, 3.8) is 0 Å². The van der Waals surface area contributed by atoms with Crippen LogP contribution in [0, 0.1) is 17.8 Å². The highest BCUT2D eigenvalue weighted by atomic mass is 16.6. The number of esters is 1. The van der Waals surface area contributed by atoms with Crippen LogP contribution in [0.3, 0.4) is 0 Å². The normalized spacial score (nSPS) is 23.4. The van der Waals surface area contributed by atoms with Gasteiger partial charge >= 0.3 is 5.97 Å². The molecule has 0 radical (unpaired) electrons. The molecule has 0 spiro atoms. The molecule has 0 bridgehead atoms. The standard InChI is InChI=1S/C15H27NO4/c1-9(2)12(14(19)20-15(3,4)5)16(6)13(18)11-7-10(11)8-17/h9-12,17H,7-8H2,1-6H3/t10-,11-,12-/m0/s1. The number of ether oxygens (including phenoxy) is 1. The average Bonchev–Trinajstić information content (AvgIpc) is 3.03. The van der Waals surface area contributed by atoms with E-state index in [1.54, 1.807) is 7.05 Å². The van der Waals surface area contributed by atoms with Crippen LogP contribution in [0.1, 0.15) is 41.0 Å². The zero-order chi connectivity index (χ0) is 15.7. The van der Waals surface area contributed by atoms with Crippen molar-refractivity contribution in [2.24, 2.45) is 17.8 Å². The summed E-state index contributed by atoms with van der Waals surface area (Å²) < 4.78 is 5.40. The fraction of sp³-hybridized carbons (Fsp3) is 0.867. The third-order valence-corrected chi connectivity index (χ3v) is 3.52. The summed E-state index contributed by atoms with van der Waals surface area (Å²) >= 11 is 0. The lowest BCUT2D eigenvalue weighted by Crippen LogP contribution is -2.49. The third-order valence-electron chi connectivity index (χ3n) is 3.52. The van der Waals surface area contributed by atoms with E-state index >= 15 is 0 Å². The van der Waals surface area contributed by atoms with E-state index in [0.717, 1.165) is 0 Å². The summed E-state index contributed by atoms with van der Waals surface area (Å²) in [5, 5.41) is 9.05. The van der Waals surface area contributed by atoms with Crippen molar-refractivity contribution in [1.82, 2.24) is 4.90 Å². The molecule has 1 rings (SSSR count). The van der Waals surface area contributed by atoms with Gasteiger partial charge in [0.1, 0.15) is 11.6 Å². The molecule has 20 heavy (non-hydrogen) atoms. The van der Waals surface area contributed by atoms with Gasteiger partial charge in [0.05, 0.1) is 0 Å². The molecular formula is C15H27NO4. The maximum absolute atomic E-state index is 12.3. The Morgan fingerprint density at radius 2 is 1.90 bits per heavy atom. The highest BCUT2D eigenvalue weighted by Crippen LogP contribution is 2.39. The van der Waals surface area contributed by atoms with E-state index in [2.05, 4.69) is 0 Å². The molecule has 0 aliphatic heterocycles. The molecule has 0 aromatic carbocycles. The summed E-state index contributed by atoms with van der Waals surface area (Å²) in [6, 6.07) is -0.582. The van der Waals surface area contributed by atoms with E-state index in [1.807, 2.05) is 34.6 Å². The van der Waals surface area contributed by atoms with Crippen LogP contribution < -0.4 is 0 Å². The third kappa shape index (κ3) is 4.20. The summed E-state index contributed by atoms with van der Waals surface area (Å²) in [4.78, 5) is 26.1. The number of likely N-dealkylation sites (N-methyl/N-ethyl adjacent to an activating group) is 1. The monoisotopic (exact) mass is 285 g/mol. The predicted molar refractivity (Wildman–Crippen MR) is 75.9 cm³/mol. The first-order valence-corrected chi connectivity index (χ1v) is 7.19. The molecule has 1 N–H and O–H groups in total. The molecule has 0 heterocycles. The van der Waals surface area contributed by atoms with Gasteiger partial charge < -0.3 is 14.7 Å². The Morgan fingerprint density at radius 1 is 1.35 bits per heavy atom. The van der Waals surface area contributed by atoms with Crippen LogP contribution in [0.2, 0.25) is 0 Å². The summed E-state index contributed by atoms with van der Waals surface area (Å²) in [6.45, 7) is 9.26. The summed E-state index contributed by atoms with van der Waals surface area (Å²) in [5.41, 5.74) is -0.568. The molecular weight excluding hydrogens is 258 g/mol. The molecule has 116 valence electrons. The maximum atomic E-state index is 12.3. The lowest BCUT2D eigenvalue weighted by atomic mass is 10.0. The van der Waals surface area contributed by atoms with Crippen molar-refractivity contribution in [2.75, 3.05) is 13.7 Å². The van der Waals surface area contributed by atoms with Gasteiger partial charge in [-0.1, -0.05) is 13.8 Å². The van der Waals surface area contributed by atoms with Gasteiger partial charge in [-0.15, -0.1) is 0 Å². The Hall–Kier alpha value is -1.10. The molecule has 0 aromatic heterocycles. The average molecular weight is 285 g/mol. The van der Waals surface area contributed by atoms with Gasteiger partial charge in [-0.2, -0.15) is 0 Å². The second-order valence-corrected chi connectivity index (χ2v) is 6.96. The Bertz CT molecular complexity index is 373. The summed E-state index contributed by atoms with van der Waals surface area (Å²) in [5.74, 6) is -0.562. The Morgan fingerprint density at radius 3 is 2.25 bits per heavy atom. The Labute approximate surface area is 121 Å². The molecule has 1 fully saturated rings. The van der Waals surface area contributed by atoms with Crippen molar-refractivity contribution in [3.8, 4) is 0 Å². The summed E-state index contributed by atoms with van der Waals surface area (Å²) in [7, 11) is 1.64. The van der Waals surface area contributed by atoms with Gasteiger partial charge in [-0.25, -0.2) is 4.79 Å². The number of carbonyl (C=O) groups excluding carboxylic acids is 2. The number of rotatable bonds is 5. The fourth-order valence-electron chi connectivity index (χ4n) is 2.39. The van der Waals surface area contributed by atoms with Crippen molar-refractivity contribution in [1.29, 1.82) is 0 Å². The molecule has 0 aromatic rings. The van der Waals surface area contributed by atoms with E-state index in [0.29, 0.717) is 6.42 Å². The van der Waals surface area contributed by atoms with Crippen LogP contribution in [0.5, 0.6) is 0 Å². The quantitative estimate of drug-likeness (QED) is 0.776. The first-order valence-electron chi connectivity index (χ1n) is 7.19. The summed E-state index contributed by atoms with van der Waals surface area (Å²) in [6.07, 6.45) is 0.707. The van der Waals surface area contributed by atoms with Crippen molar-refractivity contribution in [2.45, 2.75) is 52.7 Å². The van der Waals surface area contributed by atoms with E-state index in [1.165, 1.54) is 4.90 Å². The van der Waals surface area contributed by atoms with Crippen LogP contribution in [0.25, 0.3) is 0 Å². The molecule has 1 saturated carbocycles. The zero-order valence-electron chi connectivity index (χ0n) is 13.3. The molecule has 1 aliphatic carbocycles. The highest BCUT2D eigenvalue weighted by molar-refractivity contribution is 5.87. The van der Waals surface area contributed by atoms with Crippen LogP contribution in [-0.2, 0) is 14.3 Å². The predicted octanol–water partition coefficient (Wildman–Crippen LogP) is 1.44. The van der Waals surface area contributed by atoms with Crippen LogP contribution >= 0.6 is 0 Å². The minimum absolute atomic E-state index is 0.0230. The second-order valence-electron chi connectivity index (χ2n) is 6.96. The van der Waals surface area contributed by atoms with Gasteiger partial charge in [0.25, 0.3) is 0 Å². The molecule has 5 heteroatoms. The minimum Gasteiger partial charge on any atom is -0.458 e. The first kappa shape index (κ1) is 17.0. The number of aliphatic hydroxyl groups excluding tert-OH is 1. The molecule has 3 atom stereocenters. The number of nitrogens with zero attached hydrogens (tertiary/aromatic N) is 1. The Balaban J connectivity index is 2.75. The SMILES string of the molecule is CC(C)[C@@H](C(=O)OC(C)(C)C)N(C)C(=O)[C@H]1C[C@H]1CO. The number of hydrogen-bond donors (Lipinski definition) is 1. The largest absolute Gasteiger partial charge is 0.458 e. The van der Waals surface area contributed by atoms with E-state index < -0.39 is 11.6 Å². The van der Waals surface area contributed by atoms with Gasteiger partial charge in [0.2, 0.25) is 5.91 Å². The minimum atomic E-state index is -0.582. The fourth-order valence-corrected chi connectivity index (χ4v) is 2.39. The number of aliphatic hydroxyl groups is 1. The Kier molecular flexibility index (Phi) is 5.19. The van der Waals surface area contributed by atoms with E-state index in [4.69, 9.17) is 9.84 Å². The molecule has 0 saturated heterocycles. The topological polar surface area (TPSA) is 66.8 Å². The molecule has 1 aliphatic rings. The van der Waals surface area contributed by atoms with E-state index in [-0.39, 0.29) is 36.2 Å². The lowest BCUT2D eigenvalue weighted by molar-refractivity contribution is -0.166. The van der Waals surface area contributed by atoms with Gasteiger partial charge in [0.15, 0.2) is 0 Å². The van der Waals surface area contributed by atoms with Crippen molar-refractivity contribution in [3.05, 3.63) is 0 Å². The molecule has 0 unspecified atom stereocenters. The zero-order valence-corrected chi connectivity index (χ0v) is 13.3. The van der Waals surface area contributed by atoms with Gasteiger partial charge in [0, 0.05) is 19.6 Å². The van der Waals surface area contributed by atoms with Crippen LogP contribution in [0.15, 0.2) is 0 Å². The van der Waals surface area contributed by atoms with Crippen LogP contribution in [0.4, 0.5) is 0 Å². The van der Waals surface area contributed by atoms with Gasteiger partial charge in [-0.05, 0) is 39.0 Å². The number of carbonyl (C=O) groups is 2. The van der Waals surface area contributed by atoms with Crippen molar-refractivity contribution < 1.29 is 19.4 Å². The molecule has 1 amide bonds. The second kappa shape index (κ2) is 6.12. The van der Waals surface area contributed by atoms with Crippen molar-refractivity contribution >= 4 is 11.9 Å². The van der Waals surface area contributed by atoms with E-state index in [9.17, 15) is 9.59 Å². The number of amides is 1. The first-order chi connectivity index (χ1) is 9.08. The van der Waals surface area contributed by atoms with Gasteiger partial charge in [-0.3, -0.25) is 4.79 Å². The van der Waals surface area contributed by atoms with Crippen LogP contribution in [-0.4, -0.2) is 47.2 Å². The number of hydrogen-bond acceptors (Lipinski definition) is 4. The molecule has 5 nitrogen and oxygen atoms in total. The smallest absolute Gasteiger partial charge is 0.329 e. The maximum Gasteiger partial charge on any atom is 0.329 e. The highest BCUT2D eigenvalue weighted by Gasteiger charge is 2.46. The lowest BCUT2D eigenvalue weighted by Gasteiger charge is -2.32.